The van der Waals surface area contributed by atoms with Gasteiger partial charge in [0.05, 0.1) is 31.0 Å². The first-order chi connectivity index (χ1) is 14.8. The van der Waals surface area contributed by atoms with E-state index in [4.69, 9.17) is 9.57 Å². The van der Waals surface area contributed by atoms with Gasteiger partial charge in [-0.1, -0.05) is 0 Å². The smallest absolute Gasteiger partial charge is 0.422 e. The standard InChI is InChI=1S/C19H18F4N6O2/c1-11(13-8-12(20)2-3-15(13)30-10-19(21,22)23)26-16-4-6-29-18(27-16)14(9-25-29)17-24-5-7-31-28-17/h2-4,6,8-9,11H,5,7,10H2,1H3,(H,24,28)(H,26,27)/t11-/m1/s1. The normalized spacial score (nSPS) is 15.3. The van der Waals surface area contributed by atoms with Crippen molar-refractivity contribution in [2.24, 2.45) is 4.99 Å². The van der Waals surface area contributed by atoms with Gasteiger partial charge in [0.1, 0.15) is 17.4 Å². The number of hydrogen-bond acceptors (Lipinski definition) is 7. The lowest BCUT2D eigenvalue weighted by molar-refractivity contribution is -0.153. The Morgan fingerprint density at radius 1 is 1.32 bits per heavy atom. The molecule has 8 nitrogen and oxygen atoms in total. The maximum Gasteiger partial charge on any atom is 0.422 e. The number of aliphatic imine (C=N–C) groups is 1. The molecule has 0 spiro atoms. The molecule has 1 aromatic carbocycles. The van der Waals surface area contributed by atoms with Gasteiger partial charge < -0.3 is 10.1 Å². The summed E-state index contributed by atoms with van der Waals surface area (Å²) in [5, 5.41) is 7.28. The monoisotopic (exact) mass is 438 g/mol. The number of benzene rings is 1. The Morgan fingerprint density at radius 2 is 2.16 bits per heavy atom. The minimum Gasteiger partial charge on any atom is -0.484 e. The van der Waals surface area contributed by atoms with Gasteiger partial charge in [-0.25, -0.2) is 19.4 Å². The van der Waals surface area contributed by atoms with Crippen molar-refractivity contribution in [3.05, 3.63) is 53.6 Å². The van der Waals surface area contributed by atoms with Gasteiger partial charge in [0, 0.05) is 11.8 Å². The third-order valence-electron chi connectivity index (χ3n) is 4.45. The fourth-order valence-electron chi connectivity index (χ4n) is 3.06. The number of nitrogens with zero attached hydrogens (tertiary/aromatic N) is 4. The van der Waals surface area contributed by atoms with Crippen molar-refractivity contribution in [1.82, 2.24) is 20.1 Å². The van der Waals surface area contributed by atoms with E-state index >= 15 is 0 Å². The van der Waals surface area contributed by atoms with Crippen LogP contribution in [0, 0.1) is 5.82 Å². The van der Waals surface area contributed by atoms with Gasteiger partial charge in [0.15, 0.2) is 18.1 Å². The zero-order valence-electron chi connectivity index (χ0n) is 16.3. The molecule has 1 aliphatic rings. The number of ether oxygens (including phenoxy) is 1. The summed E-state index contributed by atoms with van der Waals surface area (Å²) >= 11 is 0. The third-order valence-corrected chi connectivity index (χ3v) is 4.45. The van der Waals surface area contributed by atoms with E-state index in [1.54, 1.807) is 29.9 Å². The molecule has 1 atom stereocenters. The number of halogens is 4. The molecule has 164 valence electrons. The van der Waals surface area contributed by atoms with Gasteiger partial charge in [-0.3, -0.25) is 9.83 Å². The SMILES string of the molecule is C[C@@H](Nc1ccn2ncc(C3=NCCON3)c2n1)c1cc(F)ccc1OCC(F)(F)F. The summed E-state index contributed by atoms with van der Waals surface area (Å²) < 4.78 is 57.9. The predicted molar refractivity (Wildman–Crippen MR) is 103 cm³/mol. The van der Waals surface area contributed by atoms with Crippen LogP contribution in [0.4, 0.5) is 23.4 Å². The zero-order chi connectivity index (χ0) is 22.0. The van der Waals surface area contributed by atoms with E-state index < -0.39 is 24.6 Å². The van der Waals surface area contributed by atoms with Crippen molar-refractivity contribution < 1.29 is 27.1 Å². The highest BCUT2D eigenvalue weighted by Crippen LogP contribution is 2.30. The molecule has 2 aromatic heterocycles. The quantitative estimate of drug-likeness (QED) is 0.575. The Hall–Kier alpha value is -3.41. The van der Waals surface area contributed by atoms with Crippen LogP contribution in [0.1, 0.15) is 24.1 Å². The summed E-state index contributed by atoms with van der Waals surface area (Å²) in [6.45, 7) is 1.14. The molecular weight excluding hydrogens is 420 g/mol. The fraction of sp³-hybridized carbons (Fsp3) is 0.316. The topological polar surface area (TPSA) is 85.1 Å². The third kappa shape index (κ3) is 4.85. The van der Waals surface area contributed by atoms with E-state index in [1.807, 2.05) is 0 Å². The van der Waals surface area contributed by atoms with Crippen molar-refractivity contribution in [1.29, 1.82) is 0 Å². The second kappa shape index (κ2) is 8.38. The minimum absolute atomic E-state index is 0.0669. The summed E-state index contributed by atoms with van der Waals surface area (Å²) in [6.07, 6.45) is -1.25. The molecule has 3 aromatic rings. The van der Waals surface area contributed by atoms with Gasteiger partial charge in [0.25, 0.3) is 0 Å². The van der Waals surface area contributed by atoms with Crippen LogP contribution >= 0.6 is 0 Å². The molecule has 3 heterocycles. The highest BCUT2D eigenvalue weighted by molar-refractivity contribution is 6.03. The van der Waals surface area contributed by atoms with Crippen molar-refractivity contribution in [2.45, 2.75) is 19.1 Å². The maximum absolute atomic E-state index is 13.8. The first-order valence-corrected chi connectivity index (χ1v) is 9.33. The Balaban J connectivity index is 1.59. The molecule has 31 heavy (non-hydrogen) atoms. The van der Waals surface area contributed by atoms with Crippen LogP contribution in [0.3, 0.4) is 0 Å². The molecule has 0 saturated heterocycles. The zero-order valence-corrected chi connectivity index (χ0v) is 16.3. The minimum atomic E-state index is -4.51. The molecule has 4 rings (SSSR count). The summed E-state index contributed by atoms with van der Waals surface area (Å²) in [6, 6.07) is 4.39. The number of aromatic nitrogens is 3. The van der Waals surface area contributed by atoms with Crippen LogP contribution in [0.15, 0.2) is 41.7 Å². The molecule has 0 amide bonds. The Labute approximate surface area is 173 Å². The van der Waals surface area contributed by atoms with Crippen molar-refractivity contribution in [3.63, 3.8) is 0 Å². The molecule has 0 bridgehead atoms. The summed E-state index contributed by atoms with van der Waals surface area (Å²) in [5.74, 6) is 0.241. The number of rotatable bonds is 6. The fourth-order valence-corrected chi connectivity index (χ4v) is 3.06. The number of amidine groups is 1. The van der Waals surface area contributed by atoms with Crippen molar-refractivity contribution in [2.75, 3.05) is 25.1 Å². The van der Waals surface area contributed by atoms with Crippen LogP contribution < -0.4 is 15.5 Å². The van der Waals surface area contributed by atoms with Crippen LogP contribution in [0.2, 0.25) is 0 Å². The number of hydroxylamine groups is 1. The number of nitrogens with one attached hydrogen (secondary N) is 2. The van der Waals surface area contributed by atoms with E-state index in [2.05, 4.69) is 25.9 Å². The van der Waals surface area contributed by atoms with E-state index in [0.29, 0.717) is 36.0 Å². The molecule has 0 radical (unpaired) electrons. The summed E-state index contributed by atoms with van der Waals surface area (Å²) in [4.78, 5) is 14.0. The van der Waals surface area contributed by atoms with Crippen LogP contribution in [-0.2, 0) is 4.84 Å². The number of fused-ring (bicyclic) bond motifs is 1. The molecule has 0 saturated carbocycles. The highest BCUT2D eigenvalue weighted by Gasteiger charge is 2.29. The van der Waals surface area contributed by atoms with Crippen LogP contribution in [0.25, 0.3) is 5.65 Å². The lowest BCUT2D eigenvalue weighted by Gasteiger charge is -2.20. The van der Waals surface area contributed by atoms with Gasteiger partial charge in [-0.05, 0) is 31.2 Å². The van der Waals surface area contributed by atoms with Gasteiger partial charge in [0.2, 0.25) is 0 Å². The van der Waals surface area contributed by atoms with Crippen LogP contribution in [-0.4, -0.2) is 46.4 Å². The van der Waals surface area contributed by atoms with E-state index in [1.165, 1.54) is 6.07 Å². The van der Waals surface area contributed by atoms with E-state index in [9.17, 15) is 17.6 Å². The second-order valence-electron chi connectivity index (χ2n) is 6.77. The van der Waals surface area contributed by atoms with E-state index in [-0.39, 0.29) is 11.3 Å². The predicted octanol–water partition coefficient (Wildman–Crippen LogP) is 3.26. The lowest BCUT2D eigenvalue weighted by atomic mass is 10.1. The Morgan fingerprint density at radius 3 is 2.90 bits per heavy atom. The molecule has 2 N–H and O–H groups in total. The molecule has 1 aliphatic heterocycles. The largest absolute Gasteiger partial charge is 0.484 e. The maximum atomic E-state index is 13.8. The molecule has 12 heteroatoms. The average molecular weight is 438 g/mol. The summed E-state index contributed by atoms with van der Waals surface area (Å²) in [7, 11) is 0. The average Bonchev–Trinajstić information content (AvgIpc) is 3.16. The molecular formula is C19H18F4N6O2. The number of anilines is 1. The van der Waals surface area contributed by atoms with Gasteiger partial charge >= 0.3 is 6.18 Å². The summed E-state index contributed by atoms with van der Waals surface area (Å²) in [5.41, 5.74) is 4.06. The second-order valence-corrected chi connectivity index (χ2v) is 6.77. The van der Waals surface area contributed by atoms with E-state index in [0.717, 1.165) is 12.1 Å². The highest BCUT2D eigenvalue weighted by atomic mass is 19.4. The molecule has 0 unspecified atom stereocenters. The Bertz CT molecular complexity index is 1110. The van der Waals surface area contributed by atoms with Gasteiger partial charge in [-0.2, -0.15) is 18.3 Å². The van der Waals surface area contributed by atoms with Crippen molar-refractivity contribution >= 4 is 17.3 Å². The first-order valence-electron chi connectivity index (χ1n) is 9.33. The first kappa shape index (κ1) is 20.8. The lowest BCUT2D eigenvalue weighted by Crippen LogP contribution is -2.30. The number of alkyl halides is 3. The molecule has 0 aliphatic carbocycles. The van der Waals surface area contributed by atoms with Crippen LogP contribution in [0.5, 0.6) is 5.75 Å². The Kier molecular flexibility index (Phi) is 5.63. The van der Waals surface area contributed by atoms with Gasteiger partial charge in [-0.15, -0.1) is 0 Å². The number of hydrogen-bond donors (Lipinski definition) is 2. The van der Waals surface area contributed by atoms with Crippen molar-refractivity contribution in [3.8, 4) is 5.75 Å². The molecule has 0 fully saturated rings.